The molecule has 0 radical (unpaired) electrons. The van der Waals surface area contributed by atoms with Crippen molar-refractivity contribution in [3.8, 4) is 11.3 Å². The van der Waals surface area contributed by atoms with E-state index in [1.807, 2.05) is 43.5 Å². The lowest BCUT2D eigenvalue weighted by molar-refractivity contribution is -0.384. The van der Waals surface area contributed by atoms with Crippen molar-refractivity contribution in [2.45, 2.75) is 32.8 Å². The van der Waals surface area contributed by atoms with E-state index in [4.69, 9.17) is 4.74 Å². The quantitative estimate of drug-likeness (QED) is 0.442. The van der Waals surface area contributed by atoms with Crippen molar-refractivity contribution in [1.29, 1.82) is 0 Å². The lowest BCUT2D eigenvalue weighted by Gasteiger charge is -2.29. The lowest BCUT2D eigenvalue weighted by Crippen LogP contribution is -2.39. The molecule has 0 fully saturated rings. The van der Waals surface area contributed by atoms with Gasteiger partial charge in [0.2, 0.25) is 0 Å². The summed E-state index contributed by atoms with van der Waals surface area (Å²) in [5, 5.41) is 10.9. The van der Waals surface area contributed by atoms with Crippen LogP contribution in [-0.2, 0) is 4.74 Å². The number of non-ortho nitro benzene ring substituents is 1. The number of nitrogens with zero attached hydrogens (tertiary/aromatic N) is 4. The van der Waals surface area contributed by atoms with Crippen LogP contribution < -0.4 is 0 Å². The molecule has 0 bridgehead atoms. The van der Waals surface area contributed by atoms with Crippen LogP contribution in [0.5, 0.6) is 0 Å². The van der Waals surface area contributed by atoms with Gasteiger partial charge in [-0.15, -0.1) is 0 Å². The topological polar surface area (TPSA) is 90.0 Å². The first-order chi connectivity index (χ1) is 14.7. The number of carbonyl (C=O) groups excluding carboxylic acids is 1. The van der Waals surface area contributed by atoms with Gasteiger partial charge in [-0.25, -0.2) is 9.78 Å². The zero-order valence-corrected chi connectivity index (χ0v) is 17.7. The van der Waals surface area contributed by atoms with E-state index in [-0.39, 0.29) is 11.8 Å². The Kier molecular flexibility index (Phi) is 5.22. The van der Waals surface area contributed by atoms with Crippen LogP contribution >= 0.6 is 0 Å². The summed E-state index contributed by atoms with van der Waals surface area (Å²) < 4.78 is 7.41. The number of aromatic nitrogens is 2. The summed E-state index contributed by atoms with van der Waals surface area (Å²) in [5.74, 6) is 0. The third kappa shape index (κ3) is 4.42. The summed E-state index contributed by atoms with van der Waals surface area (Å²) in [4.78, 5) is 28.9. The van der Waals surface area contributed by atoms with Gasteiger partial charge in [0, 0.05) is 37.0 Å². The number of nitro groups is 1. The Bertz CT molecular complexity index is 1170. The minimum absolute atomic E-state index is 0.0597. The van der Waals surface area contributed by atoms with E-state index < -0.39 is 10.5 Å². The maximum Gasteiger partial charge on any atom is 0.410 e. The molecule has 4 rings (SSSR count). The second kappa shape index (κ2) is 7.86. The molecule has 8 heteroatoms. The predicted octanol–water partition coefficient (Wildman–Crippen LogP) is 4.93. The number of fused-ring (bicyclic) bond motifs is 1. The molecule has 0 unspecified atom stereocenters. The number of pyridine rings is 1. The molecule has 1 amide bonds. The van der Waals surface area contributed by atoms with E-state index >= 15 is 0 Å². The highest BCUT2D eigenvalue weighted by Crippen LogP contribution is 2.27. The van der Waals surface area contributed by atoms with Gasteiger partial charge in [-0.3, -0.25) is 14.5 Å². The van der Waals surface area contributed by atoms with Gasteiger partial charge in [-0.1, -0.05) is 6.08 Å². The Balaban J connectivity index is 1.53. The van der Waals surface area contributed by atoms with Crippen LogP contribution in [-0.4, -0.2) is 44.0 Å². The molecule has 3 aromatic rings. The highest BCUT2D eigenvalue weighted by atomic mass is 16.6. The molecule has 1 aliphatic rings. The van der Waals surface area contributed by atoms with Crippen LogP contribution in [0.15, 0.2) is 54.9 Å². The molecule has 1 aromatic carbocycles. The zero-order valence-electron chi connectivity index (χ0n) is 17.7. The Morgan fingerprint density at radius 1 is 1.16 bits per heavy atom. The van der Waals surface area contributed by atoms with E-state index in [2.05, 4.69) is 11.1 Å². The van der Waals surface area contributed by atoms with E-state index in [0.29, 0.717) is 13.1 Å². The molecule has 0 spiro atoms. The SMILES string of the molecule is CC(C)(C)OC(=O)N1CC=C(c2ccn3c(-c4ccc([N+](=O)[O-])cc4)cnc3c2)CC1. The van der Waals surface area contributed by atoms with Gasteiger partial charge in [0.25, 0.3) is 5.69 Å². The van der Waals surface area contributed by atoms with Crippen LogP contribution in [0.4, 0.5) is 10.5 Å². The van der Waals surface area contributed by atoms with Gasteiger partial charge in [0.15, 0.2) is 0 Å². The number of nitro benzene ring substituents is 1. The average molecular weight is 420 g/mol. The van der Waals surface area contributed by atoms with Crippen LogP contribution in [0, 0.1) is 10.1 Å². The minimum Gasteiger partial charge on any atom is -0.444 e. The van der Waals surface area contributed by atoms with E-state index in [1.165, 1.54) is 17.7 Å². The van der Waals surface area contributed by atoms with Gasteiger partial charge in [-0.2, -0.15) is 0 Å². The first-order valence-electron chi connectivity index (χ1n) is 10.1. The molecule has 2 aromatic heterocycles. The summed E-state index contributed by atoms with van der Waals surface area (Å²) in [6.45, 7) is 6.70. The second-order valence-corrected chi connectivity index (χ2v) is 8.50. The molecular formula is C23H24N4O4. The standard InChI is InChI=1S/C23H24N4O4/c1-23(2,3)31-22(28)25-11-8-16(9-12-25)18-10-13-26-20(15-24-21(26)14-18)17-4-6-19(7-5-17)27(29)30/h4-8,10,13-15H,9,11-12H2,1-3H3. The molecule has 160 valence electrons. The van der Waals surface area contributed by atoms with Crippen LogP contribution in [0.2, 0.25) is 0 Å². The van der Waals surface area contributed by atoms with Crippen molar-refractivity contribution >= 4 is 23.0 Å². The van der Waals surface area contributed by atoms with Gasteiger partial charge in [0.05, 0.1) is 16.8 Å². The number of amides is 1. The average Bonchev–Trinajstić information content (AvgIpc) is 3.16. The number of imidazole rings is 1. The number of hydrogen-bond donors (Lipinski definition) is 0. The minimum atomic E-state index is -0.506. The first kappa shape index (κ1) is 20.6. The second-order valence-electron chi connectivity index (χ2n) is 8.50. The van der Waals surface area contributed by atoms with E-state index in [0.717, 1.165) is 28.9 Å². The highest BCUT2D eigenvalue weighted by Gasteiger charge is 2.24. The summed E-state index contributed by atoms with van der Waals surface area (Å²) in [6.07, 6.45) is 6.22. The van der Waals surface area contributed by atoms with Crippen molar-refractivity contribution in [2.75, 3.05) is 13.1 Å². The number of ether oxygens (including phenoxy) is 1. The molecule has 0 saturated carbocycles. The summed E-state index contributed by atoms with van der Waals surface area (Å²) in [7, 11) is 0. The molecule has 0 saturated heterocycles. The molecule has 1 aliphatic heterocycles. The van der Waals surface area contributed by atoms with Crippen molar-refractivity contribution in [3.05, 3.63) is 70.5 Å². The maximum absolute atomic E-state index is 12.3. The zero-order chi connectivity index (χ0) is 22.2. The number of benzene rings is 1. The van der Waals surface area contributed by atoms with Gasteiger partial charge < -0.3 is 9.64 Å². The number of carbonyl (C=O) groups is 1. The Morgan fingerprint density at radius 2 is 1.90 bits per heavy atom. The Hall–Kier alpha value is -3.68. The first-order valence-corrected chi connectivity index (χ1v) is 10.1. The van der Waals surface area contributed by atoms with Crippen LogP contribution in [0.25, 0.3) is 22.5 Å². The fraction of sp³-hybridized carbons (Fsp3) is 0.304. The van der Waals surface area contributed by atoms with Gasteiger partial charge in [0.1, 0.15) is 11.2 Å². The van der Waals surface area contributed by atoms with E-state index in [1.54, 1.807) is 23.2 Å². The van der Waals surface area contributed by atoms with Gasteiger partial charge in [-0.05, 0) is 62.6 Å². The summed E-state index contributed by atoms with van der Waals surface area (Å²) in [6, 6.07) is 10.5. The fourth-order valence-electron chi connectivity index (χ4n) is 3.57. The predicted molar refractivity (Wildman–Crippen MR) is 118 cm³/mol. The number of hydrogen-bond acceptors (Lipinski definition) is 5. The Labute approximate surface area is 179 Å². The van der Waals surface area contributed by atoms with Gasteiger partial charge >= 0.3 is 6.09 Å². The fourth-order valence-corrected chi connectivity index (χ4v) is 3.57. The molecule has 0 aliphatic carbocycles. The third-order valence-corrected chi connectivity index (χ3v) is 5.12. The molecule has 3 heterocycles. The summed E-state index contributed by atoms with van der Waals surface area (Å²) in [5.41, 5.74) is 4.31. The van der Waals surface area contributed by atoms with Crippen molar-refractivity contribution in [1.82, 2.24) is 14.3 Å². The van der Waals surface area contributed by atoms with Crippen LogP contribution in [0.1, 0.15) is 32.8 Å². The molecule has 8 nitrogen and oxygen atoms in total. The highest BCUT2D eigenvalue weighted by molar-refractivity contribution is 5.74. The number of rotatable bonds is 3. The molecule has 31 heavy (non-hydrogen) atoms. The normalized spacial score (nSPS) is 14.4. The Morgan fingerprint density at radius 3 is 2.52 bits per heavy atom. The molecular weight excluding hydrogens is 396 g/mol. The van der Waals surface area contributed by atoms with Crippen molar-refractivity contribution in [3.63, 3.8) is 0 Å². The summed E-state index contributed by atoms with van der Waals surface area (Å²) >= 11 is 0. The lowest BCUT2D eigenvalue weighted by atomic mass is 10.0. The van der Waals surface area contributed by atoms with E-state index in [9.17, 15) is 14.9 Å². The molecule has 0 N–H and O–H groups in total. The van der Waals surface area contributed by atoms with Crippen molar-refractivity contribution < 1.29 is 14.5 Å². The smallest absolute Gasteiger partial charge is 0.410 e. The maximum atomic E-state index is 12.3. The van der Waals surface area contributed by atoms with Crippen molar-refractivity contribution in [2.24, 2.45) is 0 Å². The monoisotopic (exact) mass is 420 g/mol. The van der Waals surface area contributed by atoms with Crippen LogP contribution in [0.3, 0.4) is 0 Å². The largest absolute Gasteiger partial charge is 0.444 e. The third-order valence-electron chi connectivity index (χ3n) is 5.12. The molecule has 0 atom stereocenters.